The molecule has 3 N–H and O–H groups in total. The van der Waals surface area contributed by atoms with Crippen LogP contribution in [0.25, 0.3) is 38.7 Å². The topological polar surface area (TPSA) is 158 Å². The number of likely N-dealkylation sites (tertiary alicyclic amines) is 2. The lowest BCUT2D eigenvalue weighted by molar-refractivity contribution is -0.136. The van der Waals surface area contributed by atoms with Gasteiger partial charge in [0, 0.05) is 30.4 Å². The molecule has 3 aliphatic heterocycles. The summed E-state index contributed by atoms with van der Waals surface area (Å²) in [6, 6.07) is 20.4. The lowest BCUT2D eigenvalue weighted by Crippen LogP contribution is -2.52. The van der Waals surface area contributed by atoms with Crippen LogP contribution in [0.15, 0.2) is 78.1 Å². The highest BCUT2D eigenvalue weighted by molar-refractivity contribution is 6.05. The van der Waals surface area contributed by atoms with Crippen molar-refractivity contribution < 1.29 is 28.7 Å². The van der Waals surface area contributed by atoms with Gasteiger partial charge in [-0.3, -0.25) is 14.6 Å². The van der Waals surface area contributed by atoms with Gasteiger partial charge in [0.25, 0.3) is 0 Å². The molecule has 300 valence electrons. The van der Waals surface area contributed by atoms with Crippen LogP contribution >= 0.6 is 0 Å². The van der Waals surface area contributed by atoms with Crippen LogP contribution in [0.1, 0.15) is 76.2 Å². The molecule has 0 radical (unpaired) electrons. The summed E-state index contributed by atoms with van der Waals surface area (Å²) in [6.45, 7) is 3.78. The Hall–Kier alpha value is -5.98. The summed E-state index contributed by atoms with van der Waals surface area (Å²) < 4.78 is 9.52. The highest BCUT2D eigenvalue weighted by Crippen LogP contribution is 2.53. The number of ether oxygens (including phenoxy) is 2. The van der Waals surface area contributed by atoms with E-state index in [4.69, 9.17) is 19.5 Å². The van der Waals surface area contributed by atoms with Gasteiger partial charge in [0.15, 0.2) is 0 Å². The van der Waals surface area contributed by atoms with Crippen LogP contribution in [0.2, 0.25) is 0 Å². The minimum absolute atomic E-state index is 0.0548. The van der Waals surface area contributed by atoms with Crippen molar-refractivity contribution in [2.45, 2.75) is 95.0 Å². The van der Waals surface area contributed by atoms with Crippen LogP contribution in [0.4, 0.5) is 9.59 Å². The monoisotopic (exact) mass is 783 g/mol. The van der Waals surface area contributed by atoms with Crippen molar-refractivity contribution in [1.29, 1.82) is 0 Å². The van der Waals surface area contributed by atoms with Gasteiger partial charge in [-0.1, -0.05) is 62.4 Å². The summed E-state index contributed by atoms with van der Waals surface area (Å²) in [6.07, 6.45) is 8.01. The first-order valence-corrected chi connectivity index (χ1v) is 20.5. The van der Waals surface area contributed by atoms with Gasteiger partial charge in [-0.25, -0.2) is 14.6 Å². The van der Waals surface area contributed by atoms with Gasteiger partial charge < -0.3 is 34.9 Å². The molecule has 2 saturated heterocycles. The number of aromatic nitrogens is 2. The molecule has 0 spiro atoms. The maximum Gasteiger partial charge on any atom is 0.407 e. The number of methoxy groups -OCH3 is 2. The second-order valence-electron chi connectivity index (χ2n) is 16.3. The number of piperidine rings is 2. The fourth-order valence-corrected chi connectivity index (χ4v) is 9.47. The van der Waals surface area contributed by atoms with E-state index < -0.39 is 24.3 Å². The van der Waals surface area contributed by atoms with Crippen LogP contribution in [0.5, 0.6) is 0 Å². The Morgan fingerprint density at radius 1 is 0.724 bits per heavy atom. The normalized spacial score (nSPS) is 25.0. The number of benzene rings is 3. The van der Waals surface area contributed by atoms with Crippen LogP contribution in [0, 0.1) is 11.8 Å². The summed E-state index contributed by atoms with van der Waals surface area (Å²) in [5, 5.41) is 7.68. The Balaban J connectivity index is 0.851. The largest absolute Gasteiger partial charge is 0.453 e. The standard InChI is InChI=1S/C45H49N7O6/c1-5-33(49-44(55)57-3)42(53)51-37-18-30(37)20-39(51)35-17-32(22-46-35)29-14-13-27-15-26(11-12-28(27)16-29)24-7-9-25(10-8-24)36-23-47-41(48-36)40-21-31-19-38(31)52(40)43(54)34(6-2)50-45(56)58-4/h7-16,22-23,30-31,33-34,37-40H,5-6,17-21H2,1-4H3,(H,47,48)(H,49,55)(H,50,56)/t30-,31-,33+,34+,37-,38-,39+,40?/m1/s1. The van der Waals surface area contributed by atoms with E-state index in [0.717, 1.165) is 81.5 Å². The van der Waals surface area contributed by atoms with E-state index in [1.165, 1.54) is 14.2 Å². The molecule has 0 bridgehead atoms. The Morgan fingerprint density at radius 2 is 1.26 bits per heavy atom. The predicted octanol–water partition coefficient (Wildman–Crippen LogP) is 7.00. The van der Waals surface area contributed by atoms with E-state index in [-0.39, 0.29) is 36.0 Å². The third-order valence-electron chi connectivity index (χ3n) is 12.9. The van der Waals surface area contributed by atoms with Crippen molar-refractivity contribution in [3.8, 4) is 22.4 Å². The number of amides is 4. The number of H-pyrrole nitrogens is 1. The van der Waals surface area contributed by atoms with Gasteiger partial charge in [0.1, 0.15) is 17.9 Å². The van der Waals surface area contributed by atoms with Crippen LogP contribution in [0.3, 0.4) is 0 Å². The molecule has 8 atom stereocenters. The number of carbonyl (C=O) groups is 4. The first kappa shape index (κ1) is 37.6. The lowest BCUT2D eigenvalue weighted by atomic mass is 9.94. The Kier molecular flexibility index (Phi) is 9.77. The first-order valence-electron chi connectivity index (χ1n) is 20.5. The van der Waals surface area contributed by atoms with Crippen molar-refractivity contribution in [2.75, 3.05) is 14.2 Å². The highest BCUT2D eigenvalue weighted by Gasteiger charge is 2.57. The Labute approximate surface area is 337 Å². The van der Waals surface area contributed by atoms with E-state index in [9.17, 15) is 19.2 Å². The lowest BCUT2D eigenvalue weighted by Gasteiger charge is -2.31. The summed E-state index contributed by atoms with van der Waals surface area (Å²) in [7, 11) is 2.61. The molecule has 4 aromatic rings. The van der Waals surface area contributed by atoms with Gasteiger partial charge in [-0.2, -0.15) is 0 Å². The van der Waals surface area contributed by atoms with Crippen molar-refractivity contribution in [1.82, 2.24) is 30.4 Å². The zero-order valence-electron chi connectivity index (χ0n) is 33.2. The molecule has 4 fully saturated rings. The number of hydrogen-bond donors (Lipinski definition) is 3. The number of aliphatic imine (C=N–C) groups is 1. The molecular weight excluding hydrogens is 735 g/mol. The van der Waals surface area contributed by atoms with Crippen molar-refractivity contribution in [2.24, 2.45) is 16.8 Å². The molecule has 1 unspecified atom stereocenters. The number of hydrogen-bond acceptors (Lipinski definition) is 8. The summed E-state index contributed by atoms with van der Waals surface area (Å²) in [4.78, 5) is 68.1. The SMILES string of the molecule is CC[C@H](NC(=O)OC)C(=O)N1C(c2ncc(-c3ccc(-c4ccc5cc(C6=CN=C([C@@H]7C[C@H]8C[C@H]8N7C(=O)[C@H](CC)NC(=O)OC)C6)ccc5c4)cc3)[nH]2)C[C@H]2C[C@H]21. The van der Waals surface area contributed by atoms with Crippen molar-refractivity contribution in [3.63, 3.8) is 0 Å². The van der Waals surface area contributed by atoms with E-state index in [0.29, 0.717) is 31.1 Å². The van der Waals surface area contributed by atoms with Crippen molar-refractivity contribution >= 4 is 46.1 Å². The van der Waals surface area contributed by atoms with Gasteiger partial charge in [-0.05, 0) is 101 Å². The van der Waals surface area contributed by atoms with Gasteiger partial charge in [0.05, 0.1) is 38.2 Å². The molecule has 58 heavy (non-hydrogen) atoms. The number of allylic oxidation sites excluding steroid dienone is 1. The molecule has 3 aromatic carbocycles. The maximum absolute atomic E-state index is 13.6. The number of carbonyl (C=O) groups excluding carboxylic acids is 4. The number of aromatic amines is 1. The third-order valence-corrected chi connectivity index (χ3v) is 12.9. The second kappa shape index (κ2) is 15.1. The predicted molar refractivity (Wildman–Crippen MR) is 219 cm³/mol. The second-order valence-corrected chi connectivity index (χ2v) is 16.3. The van der Waals surface area contributed by atoms with Gasteiger partial charge in [-0.15, -0.1) is 0 Å². The van der Waals surface area contributed by atoms with E-state index >= 15 is 0 Å². The van der Waals surface area contributed by atoms with Gasteiger partial charge in [0.2, 0.25) is 11.8 Å². The average molecular weight is 784 g/mol. The van der Waals surface area contributed by atoms with Crippen LogP contribution in [-0.4, -0.2) is 93.9 Å². The fourth-order valence-electron chi connectivity index (χ4n) is 9.47. The number of nitrogens with zero attached hydrogens (tertiary/aromatic N) is 4. The summed E-state index contributed by atoms with van der Waals surface area (Å²) >= 11 is 0. The number of fused-ring (bicyclic) bond motifs is 3. The molecule has 5 aliphatic rings. The molecule has 1 aromatic heterocycles. The number of nitrogens with one attached hydrogen (secondary N) is 3. The van der Waals surface area contributed by atoms with E-state index in [2.05, 4.69) is 76.3 Å². The zero-order chi connectivity index (χ0) is 40.2. The number of rotatable bonds is 11. The smallest absolute Gasteiger partial charge is 0.407 e. The summed E-state index contributed by atoms with van der Waals surface area (Å²) in [5.41, 5.74) is 7.37. The minimum Gasteiger partial charge on any atom is -0.453 e. The zero-order valence-corrected chi connectivity index (χ0v) is 33.2. The average Bonchev–Trinajstić information content (AvgIpc) is 3.84. The van der Waals surface area contributed by atoms with Crippen LogP contribution in [-0.2, 0) is 19.1 Å². The minimum atomic E-state index is -0.640. The molecule has 4 amide bonds. The molecule has 13 heteroatoms. The fraction of sp³-hybridized carbons (Fsp3) is 0.422. The van der Waals surface area contributed by atoms with E-state index in [1.807, 2.05) is 36.0 Å². The molecule has 9 rings (SSSR count). The first-order chi connectivity index (χ1) is 28.2. The molecular formula is C45H49N7O6. The van der Waals surface area contributed by atoms with Crippen LogP contribution < -0.4 is 10.6 Å². The molecule has 2 aliphatic carbocycles. The highest BCUT2D eigenvalue weighted by atomic mass is 16.5. The quantitative estimate of drug-likeness (QED) is 0.148. The number of alkyl carbamates (subject to hydrolysis) is 2. The Bertz CT molecular complexity index is 2350. The molecule has 13 nitrogen and oxygen atoms in total. The Morgan fingerprint density at radius 3 is 1.86 bits per heavy atom. The molecule has 2 saturated carbocycles. The van der Waals surface area contributed by atoms with E-state index in [1.54, 1.807) is 0 Å². The third kappa shape index (κ3) is 6.90. The maximum atomic E-state index is 13.6. The van der Waals surface area contributed by atoms with Crippen molar-refractivity contribution in [3.05, 3.63) is 84.4 Å². The molecule has 4 heterocycles. The van der Waals surface area contributed by atoms with Gasteiger partial charge >= 0.3 is 12.2 Å². The summed E-state index contributed by atoms with van der Waals surface area (Å²) in [5.74, 6) is 1.58. The number of imidazole rings is 1.